The number of alkyl halides is 2. The van der Waals surface area contributed by atoms with Crippen LogP contribution in [0.2, 0.25) is 0 Å². The van der Waals surface area contributed by atoms with E-state index in [2.05, 4.69) is 35.1 Å². The molecule has 0 radical (unpaired) electrons. The van der Waals surface area contributed by atoms with Crippen LogP contribution in [0.25, 0.3) is 17.1 Å². The van der Waals surface area contributed by atoms with E-state index in [0.717, 1.165) is 11.8 Å². The average molecular weight is 453 g/mol. The number of anilines is 2. The van der Waals surface area contributed by atoms with Crippen LogP contribution in [0.5, 0.6) is 11.5 Å². The molecule has 0 spiro atoms. The van der Waals surface area contributed by atoms with Gasteiger partial charge in [0.1, 0.15) is 6.26 Å². The minimum Gasteiger partial charge on any atom is -0.431 e. The number of rotatable bonds is 5. The lowest BCUT2D eigenvalue weighted by Crippen LogP contribution is -2.25. The Bertz CT molecular complexity index is 1350. The van der Waals surface area contributed by atoms with E-state index < -0.39 is 18.1 Å². The highest BCUT2D eigenvalue weighted by molar-refractivity contribution is 6.04. The lowest BCUT2D eigenvalue weighted by Gasteiger charge is -2.04. The number of halogens is 2. The van der Waals surface area contributed by atoms with E-state index in [1.54, 1.807) is 6.08 Å². The number of hydrogen-bond acceptors (Lipinski definition) is 7. The van der Waals surface area contributed by atoms with Crippen molar-refractivity contribution in [2.24, 2.45) is 0 Å². The predicted octanol–water partition coefficient (Wildman–Crippen LogP) is 3.78. The summed E-state index contributed by atoms with van der Waals surface area (Å²) in [6.45, 7) is 0. The number of fused-ring (bicyclic) bond motifs is 2. The van der Waals surface area contributed by atoms with Crippen LogP contribution < -0.4 is 20.1 Å². The van der Waals surface area contributed by atoms with Crippen molar-refractivity contribution in [2.45, 2.75) is 6.29 Å². The number of carbonyl (C=O) groups is 2. The lowest BCUT2D eigenvalue weighted by molar-refractivity contribution is -0.286. The number of imidazole rings is 1. The minimum atomic E-state index is -3.74. The summed E-state index contributed by atoms with van der Waals surface area (Å²) in [6, 6.07) is 11.6. The largest absolute Gasteiger partial charge is 0.586 e. The summed E-state index contributed by atoms with van der Waals surface area (Å²) in [7, 11) is 0. The molecule has 0 bridgehead atoms. The SMILES string of the molecule is O=C(C=Cc1ccccc1)Nc1nc(C(=O)Nc2nc3cc4c(cc3[nH]2)OC(F)(F)O4)co1. The van der Waals surface area contributed by atoms with Gasteiger partial charge in [0.25, 0.3) is 11.8 Å². The van der Waals surface area contributed by atoms with Crippen molar-refractivity contribution in [1.82, 2.24) is 15.0 Å². The van der Waals surface area contributed by atoms with E-state index in [-0.39, 0.29) is 34.7 Å². The van der Waals surface area contributed by atoms with Crippen LogP contribution in [0.4, 0.5) is 20.7 Å². The molecule has 2 aromatic heterocycles. The van der Waals surface area contributed by atoms with Crippen molar-refractivity contribution >= 4 is 40.9 Å². The van der Waals surface area contributed by atoms with E-state index in [1.807, 2.05) is 30.3 Å². The zero-order valence-electron chi connectivity index (χ0n) is 16.5. The van der Waals surface area contributed by atoms with Crippen LogP contribution in [-0.2, 0) is 4.79 Å². The second-order valence-electron chi connectivity index (χ2n) is 6.79. The number of nitrogens with zero attached hydrogens (tertiary/aromatic N) is 2. The Morgan fingerprint density at radius 2 is 1.79 bits per heavy atom. The van der Waals surface area contributed by atoms with Crippen LogP contribution in [0, 0.1) is 0 Å². The van der Waals surface area contributed by atoms with Gasteiger partial charge in [0.05, 0.1) is 11.0 Å². The number of nitrogens with one attached hydrogen (secondary N) is 3. The van der Waals surface area contributed by atoms with E-state index in [4.69, 9.17) is 4.42 Å². The van der Waals surface area contributed by atoms with E-state index in [0.29, 0.717) is 5.52 Å². The molecule has 1 aliphatic rings. The van der Waals surface area contributed by atoms with Crippen molar-refractivity contribution in [3.8, 4) is 11.5 Å². The Hall–Kier alpha value is -4.74. The molecule has 166 valence electrons. The average Bonchev–Trinajstić information content (AvgIpc) is 3.46. The molecule has 3 N–H and O–H groups in total. The van der Waals surface area contributed by atoms with Gasteiger partial charge in [0.2, 0.25) is 5.95 Å². The first-order valence-electron chi connectivity index (χ1n) is 9.45. The number of aromatic amines is 1. The molecule has 1 aliphatic heterocycles. The highest BCUT2D eigenvalue weighted by Gasteiger charge is 2.43. The molecule has 0 fully saturated rings. The van der Waals surface area contributed by atoms with Crippen molar-refractivity contribution in [1.29, 1.82) is 0 Å². The molecule has 0 aliphatic carbocycles. The maximum atomic E-state index is 13.2. The second-order valence-corrected chi connectivity index (χ2v) is 6.79. The van der Waals surface area contributed by atoms with Gasteiger partial charge in [0, 0.05) is 18.2 Å². The number of H-pyrrole nitrogens is 1. The smallest absolute Gasteiger partial charge is 0.431 e. The molecule has 0 saturated carbocycles. The first-order valence-corrected chi connectivity index (χ1v) is 9.45. The standard InChI is InChI=1S/C21H13F2N5O5/c22-21(23)32-15-8-12-13(9-16(15)33-21)25-19(24-12)28-18(30)14-10-31-20(26-14)27-17(29)7-6-11-4-2-1-3-5-11/h1-10H,(H,26,27,29)(H2,24,25,28,30). The van der Waals surface area contributed by atoms with Gasteiger partial charge in [-0.3, -0.25) is 20.2 Å². The summed E-state index contributed by atoms with van der Waals surface area (Å²) in [6.07, 6.45) is 0.233. The Labute approximate surface area is 183 Å². The molecule has 4 aromatic rings. The predicted molar refractivity (Wildman–Crippen MR) is 111 cm³/mol. The van der Waals surface area contributed by atoms with Gasteiger partial charge in [-0.2, -0.15) is 4.98 Å². The van der Waals surface area contributed by atoms with Crippen LogP contribution in [-0.4, -0.2) is 33.1 Å². The minimum absolute atomic E-state index is 0.0322. The van der Waals surface area contributed by atoms with E-state index in [9.17, 15) is 18.4 Å². The third kappa shape index (κ3) is 4.35. The fourth-order valence-corrected chi connectivity index (χ4v) is 3.00. The molecule has 3 heterocycles. The summed E-state index contributed by atoms with van der Waals surface area (Å²) in [4.78, 5) is 35.2. The van der Waals surface area contributed by atoms with Gasteiger partial charge in [-0.15, -0.1) is 8.78 Å². The van der Waals surface area contributed by atoms with Gasteiger partial charge in [-0.25, -0.2) is 4.98 Å². The summed E-state index contributed by atoms with van der Waals surface area (Å²) in [5.74, 6) is -1.47. The van der Waals surface area contributed by atoms with Gasteiger partial charge >= 0.3 is 12.3 Å². The van der Waals surface area contributed by atoms with Crippen molar-refractivity contribution < 1.29 is 32.3 Å². The number of benzene rings is 2. The lowest BCUT2D eigenvalue weighted by atomic mass is 10.2. The highest BCUT2D eigenvalue weighted by atomic mass is 19.3. The molecular weight excluding hydrogens is 440 g/mol. The number of ether oxygens (including phenoxy) is 2. The monoisotopic (exact) mass is 453 g/mol. The molecule has 5 rings (SSSR count). The summed E-state index contributed by atoms with van der Waals surface area (Å²) >= 11 is 0. The molecule has 2 aromatic carbocycles. The Kier molecular flexibility index (Phi) is 4.74. The first kappa shape index (κ1) is 20.2. The summed E-state index contributed by atoms with van der Waals surface area (Å²) in [5.41, 5.74) is 1.32. The summed E-state index contributed by atoms with van der Waals surface area (Å²) < 4.78 is 40.2. The zero-order chi connectivity index (χ0) is 23.0. The molecule has 0 unspecified atom stereocenters. The normalized spacial score (nSPS) is 14.0. The van der Waals surface area contributed by atoms with Crippen molar-refractivity contribution in [3.05, 3.63) is 66.1 Å². The first-order chi connectivity index (χ1) is 15.8. The van der Waals surface area contributed by atoms with Crippen molar-refractivity contribution in [3.63, 3.8) is 0 Å². The van der Waals surface area contributed by atoms with Gasteiger partial charge in [0.15, 0.2) is 17.2 Å². The van der Waals surface area contributed by atoms with Crippen molar-refractivity contribution in [2.75, 3.05) is 10.6 Å². The van der Waals surface area contributed by atoms with Crippen LogP contribution in [0.15, 0.2) is 59.2 Å². The molecule has 2 amide bonds. The van der Waals surface area contributed by atoms with E-state index >= 15 is 0 Å². The molecular formula is C21H13F2N5O5. The number of carbonyl (C=O) groups excluding carboxylic acids is 2. The third-order valence-electron chi connectivity index (χ3n) is 4.43. The van der Waals surface area contributed by atoms with Gasteiger partial charge in [-0.1, -0.05) is 30.3 Å². The van der Waals surface area contributed by atoms with Crippen LogP contribution in [0.1, 0.15) is 16.1 Å². The molecule has 0 atom stereocenters. The number of hydrogen-bond donors (Lipinski definition) is 3. The molecule has 0 saturated heterocycles. The zero-order valence-corrected chi connectivity index (χ0v) is 16.5. The second kappa shape index (κ2) is 7.75. The van der Waals surface area contributed by atoms with Crippen LogP contribution in [0.3, 0.4) is 0 Å². The van der Waals surface area contributed by atoms with Crippen LogP contribution >= 0.6 is 0 Å². The number of amides is 2. The maximum Gasteiger partial charge on any atom is 0.586 e. The quantitative estimate of drug-likeness (QED) is 0.392. The third-order valence-corrected chi connectivity index (χ3v) is 4.43. The molecule has 12 heteroatoms. The molecule has 33 heavy (non-hydrogen) atoms. The number of oxazole rings is 1. The summed E-state index contributed by atoms with van der Waals surface area (Å²) in [5, 5.41) is 4.88. The Morgan fingerprint density at radius 1 is 1.03 bits per heavy atom. The Balaban J connectivity index is 1.23. The maximum absolute atomic E-state index is 13.2. The topological polar surface area (TPSA) is 131 Å². The van der Waals surface area contributed by atoms with Gasteiger partial charge < -0.3 is 18.9 Å². The van der Waals surface area contributed by atoms with E-state index in [1.165, 1.54) is 18.2 Å². The fourth-order valence-electron chi connectivity index (χ4n) is 3.00. The Morgan fingerprint density at radius 3 is 2.58 bits per heavy atom. The fraction of sp³-hybridized carbons (Fsp3) is 0.0476. The number of aromatic nitrogens is 3. The molecule has 10 nitrogen and oxygen atoms in total. The highest BCUT2D eigenvalue weighted by Crippen LogP contribution is 2.42. The van der Waals surface area contributed by atoms with Gasteiger partial charge in [-0.05, 0) is 11.6 Å².